The molecule has 2 aliphatic rings. The highest BCUT2D eigenvalue weighted by Crippen LogP contribution is 2.46. The summed E-state index contributed by atoms with van der Waals surface area (Å²) in [6.07, 6.45) is 21.8. The van der Waals surface area contributed by atoms with Gasteiger partial charge in [-0.25, -0.2) is 0 Å². The van der Waals surface area contributed by atoms with E-state index in [1.165, 1.54) is 77.0 Å². The lowest BCUT2D eigenvalue weighted by atomic mass is 10.0. The Morgan fingerprint density at radius 1 is 0.757 bits per heavy atom. The Morgan fingerprint density at radius 3 is 1.57 bits per heavy atom. The summed E-state index contributed by atoms with van der Waals surface area (Å²) < 4.78 is 13.8. The number of allylic oxidation sites excluding steroid dienone is 2. The zero-order valence-corrected chi connectivity index (χ0v) is 27.9. The van der Waals surface area contributed by atoms with Gasteiger partial charge in [0.25, 0.3) is 0 Å². The molecule has 2 nitrogen and oxygen atoms in total. The minimum atomic E-state index is 0.527. The van der Waals surface area contributed by atoms with Gasteiger partial charge in [-0.3, -0.25) is 0 Å². The molecule has 37 heavy (non-hydrogen) atoms. The lowest BCUT2D eigenvalue weighted by molar-refractivity contribution is 0.233. The Kier molecular flexibility index (Phi) is 18.7. The second-order valence-electron chi connectivity index (χ2n) is 10.7. The van der Waals surface area contributed by atoms with Gasteiger partial charge < -0.3 is 9.47 Å². The fraction of sp³-hybridized carbons (Fsp3) is 0.867. The van der Waals surface area contributed by atoms with E-state index >= 15 is 0 Å². The number of rotatable bonds is 14. The van der Waals surface area contributed by atoms with Crippen LogP contribution in [0.15, 0.2) is 12.2 Å². The summed E-state index contributed by atoms with van der Waals surface area (Å²) in [7, 11) is 0. The molecule has 2 aliphatic heterocycles. The lowest BCUT2D eigenvalue weighted by Gasteiger charge is -2.26. The highest BCUT2D eigenvalue weighted by atomic mass is 32.2. The van der Waals surface area contributed by atoms with Gasteiger partial charge in [0.05, 0.1) is 13.2 Å². The highest BCUT2D eigenvalue weighted by molar-refractivity contribution is 8.24. The Bertz CT molecular complexity index is 616. The standard InChI is InChI=1S/C30H52O2S5/c1-5-9-15-23(7-3)21-31-29(33)36-25-17-13-11-12-14-18-26(28-20-19-27(25)35-28)37-30(34)32-22-24(8-4)16-10-6-2/h11-12,23-28H,5-10,13-22H2,1-4H3/b12-11+. The van der Waals surface area contributed by atoms with Crippen LogP contribution in [0.1, 0.15) is 118 Å². The molecule has 2 heterocycles. The van der Waals surface area contributed by atoms with Gasteiger partial charge in [-0.05, 0) is 87.6 Å². The number of thioether (sulfide) groups is 3. The quantitative estimate of drug-likeness (QED) is 0.143. The van der Waals surface area contributed by atoms with Crippen LogP contribution in [-0.4, -0.2) is 43.0 Å². The van der Waals surface area contributed by atoms with Gasteiger partial charge in [-0.15, -0.1) is 0 Å². The maximum Gasteiger partial charge on any atom is 0.220 e. The molecule has 2 rings (SSSR count). The van der Waals surface area contributed by atoms with Crippen molar-refractivity contribution in [3.8, 4) is 0 Å². The molecule has 2 bridgehead atoms. The van der Waals surface area contributed by atoms with E-state index in [1.807, 2.05) is 23.5 Å². The molecule has 7 heteroatoms. The molecule has 0 aromatic carbocycles. The SMILES string of the molecule is CCCCC(CC)COC(=S)SC1CC/C=C/CCC(SC(=S)OCC(CC)CCCC)C2CCC1S2. The first kappa shape index (κ1) is 33.8. The van der Waals surface area contributed by atoms with E-state index in [4.69, 9.17) is 33.9 Å². The van der Waals surface area contributed by atoms with Gasteiger partial charge in [0.2, 0.25) is 8.77 Å². The van der Waals surface area contributed by atoms with Crippen LogP contribution in [0.5, 0.6) is 0 Å². The van der Waals surface area contributed by atoms with Crippen LogP contribution in [0.25, 0.3) is 0 Å². The Balaban J connectivity index is 1.89. The van der Waals surface area contributed by atoms with E-state index in [0.717, 1.165) is 34.8 Å². The van der Waals surface area contributed by atoms with Crippen molar-refractivity contribution in [2.45, 2.75) is 139 Å². The summed E-state index contributed by atoms with van der Waals surface area (Å²) in [5.74, 6) is 1.25. The average molecular weight is 605 g/mol. The summed E-state index contributed by atoms with van der Waals surface area (Å²) in [5.41, 5.74) is 0. The van der Waals surface area contributed by atoms with Crippen molar-refractivity contribution in [3.05, 3.63) is 12.2 Å². The molecule has 214 valence electrons. The van der Waals surface area contributed by atoms with Crippen LogP contribution in [0.3, 0.4) is 0 Å². The Morgan fingerprint density at radius 2 is 1.19 bits per heavy atom. The number of hydrogen-bond donors (Lipinski definition) is 0. The first-order valence-electron chi connectivity index (χ1n) is 15.0. The molecule has 0 spiro atoms. The van der Waals surface area contributed by atoms with Gasteiger partial charge in [-0.1, -0.05) is 102 Å². The number of thiocarbonyl (C=S) groups is 2. The maximum absolute atomic E-state index is 6.14. The second kappa shape index (κ2) is 20.4. The number of hydrogen-bond acceptors (Lipinski definition) is 7. The largest absolute Gasteiger partial charge is 0.478 e. The summed E-state index contributed by atoms with van der Waals surface area (Å²) >= 11 is 17.3. The maximum atomic E-state index is 6.14. The van der Waals surface area contributed by atoms with Crippen molar-refractivity contribution >= 4 is 68.5 Å². The molecule has 0 saturated carbocycles. The van der Waals surface area contributed by atoms with Crippen LogP contribution in [-0.2, 0) is 9.47 Å². The summed E-state index contributed by atoms with van der Waals surface area (Å²) in [6.45, 7) is 10.6. The molecule has 0 N–H and O–H groups in total. The molecule has 6 atom stereocenters. The first-order valence-corrected chi connectivity index (χ1v) is 18.5. The minimum absolute atomic E-state index is 0.527. The predicted octanol–water partition coefficient (Wildman–Crippen LogP) is 10.6. The number of unbranched alkanes of at least 4 members (excludes halogenated alkanes) is 2. The van der Waals surface area contributed by atoms with Crippen LogP contribution >= 0.6 is 59.7 Å². The fourth-order valence-electron chi connectivity index (χ4n) is 5.12. The van der Waals surface area contributed by atoms with Crippen LogP contribution < -0.4 is 0 Å². The topological polar surface area (TPSA) is 18.5 Å². The van der Waals surface area contributed by atoms with E-state index < -0.39 is 0 Å². The third kappa shape index (κ3) is 13.7. The molecule has 0 aromatic rings. The third-order valence-corrected chi connectivity index (χ3v) is 13.1. The van der Waals surface area contributed by atoms with Crippen LogP contribution in [0.2, 0.25) is 0 Å². The van der Waals surface area contributed by atoms with Crippen molar-refractivity contribution in [3.63, 3.8) is 0 Å². The molecule has 1 fully saturated rings. The fourth-order valence-corrected chi connectivity index (χ4v) is 10.2. The van der Waals surface area contributed by atoms with Gasteiger partial charge >= 0.3 is 0 Å². The van der Waals surface area contributed by atoms with Crippen molar-refractivity contribution < 1.29 is 9.47 Å². The molecule has 0 aromatic heterocycles. The Labute approximate surface area is 252 Å². The molecular weight excluding hydrogens is 553 g/mol. The first-order chi connectivity index (χ1) is 18.0. The molecule has 1 saturated heterocycles. The smallest absolute Gasteiger partial charge is 0.220 e. The zero-order valence-electron chi connectivity index (χ0n) is 23.8. The summed E-state index contributed by atoms with van der Waals surface area (Å²) in [6, 6.07) is 0. The lowest BCUT2D eigenvalue weighted by Crippen LogP contribution is -2.23. The van der Waals surface area contributed by atoms with E-state index in [-0.39, 0.29) is 0 Å². The summed E-state index contributed by atoms with van der Waals surface area (Å²) in [4.78, 5) is 0. The van der Waals surface area contributed by atoms with Crippen molar-refractivity contribution in [2.24, 2.45) is 11.8 Å². The predicted molar refractivity (Wildman–Crippen MR) is 178 cm³/mol. The van der Waals surface area contributed by atoms with E-state index in [2.05, 4.69) is 51.6 Å². The molecular formula is C30H52O2S5. The average Bonchev–Trinajstić information content (AvgIpc) is 3.38. The monoisotopic (exact) mass is 604 g/mol. The minimum Gasteiger partial charge on any atom is -0.478 e. The van der Waals surface area contributed by atoms with Gasteiger partial charge in [0.1, 0.15) is 0 Å². The summed E-state index contributed by atoms with van der Waals surface area (Å²) in [5, 5.41) is 2.33. The third-order valence-electron chi connectivity index (χ3n) is 7.77. The van der Waals surface area contributed by atoms with Crippen molar-refractivity contribution in [1.29, 1.82) is 0 Å². The molecule has 0 radical (unpaired) electrons. The van der Waals surface area contributed by atoms with E-state index in [1.54, 1.807) is 0 Å². The molecule has 6 unspecified atom stereocenters. The van der Waals surface area contributed by atoms with Crippen molar-refractivity contribution in [2.75, 3.05) is 13.2 Å². The number of ether oxygens (including phenoxy) is 2. The number of fused-ring (bicyclic) bond motifs is 2. The van der Waals surface area contributed by atoms with E-state index in [9.17, 15) is 0 Å². The van der Waals surface area contributed by atoms with E-state index in [0.29, 0.717) is 32.8 Å². The van der Waals surface area contributed by atoms with Crippen molar-refractivity contribution in [1.82, 2.24) is 0 Å². The zero-order chi connectivity index (χ0) is 26.9. The van der Waals surface area contributed by atoms with Gasteiger partial charge in [-0.2, -0.15) is 11.8 Å². The molecule has 0 aliphatic carbocycles. The highest BCUT2D eigenvalue weighted by Gasteiger charge is 2.37. The van der Waals surface area contributed by atoms with Gasteiger partial charge in [0, 0.05) is 21.0 Å². The molecule has 0 amide bonds. The normalized spacial score (nSPS) is 26.6. The van der Waals surface area contributed by atoms with Crippen LogP contribution in [0, 0.1) is 11.8 Å². The van der Waals surface area contributed by atoms with Crippen LogP contribution in [0.4, 0.5) is 0 Å². The second-order valence-corrected chi connectivity index (χ2v) is 15.8. The Hall–Kier alpha value is 0.570. The van der Waals surface area contributed by atoms with Gasteiger partial charge in [0.15, 0.2) is 0 Å².